The Balaban J connectivity index is 2.84. The molecule has 0 saturated heterocycles. The lowest BCUT2D eigenvalue weighted by Crippen LogP contribution is -1.84. The van der Waals surface area contributed by atoms with E-state index < -0.39 is 5.82 Å². The molecule has 0 aromatic carbocycles. The molecule has 0 unspecified atom stereocenters. The Morgan fingerprint density at radius 1 is 1.60 bits per heavy atom. The van der Waals surface area contributed by atoms with Crippen LogP contribution in [0.4, 0.5) is 4.39 Å². The average molecular weight is 140 g/mol. The van der Waals surface area contributed by atoms with Crippen LogP contribution in [0.15, 0.2) is 23.6 Å². The minimum atomic E-state index is -0.443. The molecule has 0 aliphatic carbocycles. The van der Waals surface area contributed by atoms with Crippen molar-refractivity contribution >= 4 is 0 Å². The van der Waals surface area contributed by atoms with Gasteiger partial charge in [-0.15, -0.1) is 0 Å². The third kappa shape index (κ3) is 1.58. The summed E-state index contributed by atoms with van der Waals surface area (Å²) >= 11 is 0. The number of aromatic nitrogens is 1. The molecule has 10 heavy (non-hydrogen) atoms. The van der Waals surface area contributed by atoms with Crippen molar-refractivity contribution in [3.63, 3.8) is 0 Å². The third-order valence-corrected chi connectivity index (χ3v) is 1.01. The number of nitroso groups, excluding NO2 is 1. The van der Waals surface area contributed by atoms with Gasteiger partial charge in [-0.1, -0.05) is 5.18 Å². The molecule has 0 N–H and O–H groups in total. The maximum absolute atomic E-state index is 12.3. The van der Waals surface area contributed by atoms with Gasteiger partial charge in [0.05, 0.1) is 6.20 Å². The zero-order valence-corrected chi connectivity index (χ0v) is 5.12. The first-order valence-electron chi connectivity index (χ1n) is 2.71. The van der Waals surface area contributed by atoms with E-state index in [-0.39, 0.29) is 6.54 Å². The minimum Gasteiger partial charge on any atom is -0.261 e. The fraction of sp³-hybridized carbons (Fsp3) is 0.167. The van der Waals surface area contributed by atoms with Crippen LogP contribution in [0.5, 0.6) is 0 Å². The van der Waals surface area contributed by atoms with Gasteiger partial charge in [0.15, 0.2) is 0 Å². The normalized spacial score (nSPS) is 9.30. The fourth-order valence-corrected chi connectivity index (χ4v) is 0.617. The number of halogens is 1. The Morgan fingerprint density at radius 2 is 2.40 bits per heavy atom. The van der Waals surface area contributed by atoms with Crippen molar-refractivity contribution in [1.82, 2.24) is 4.98 Å². The lowest BCUT2D eigenvalue weighted by molar-refractivity contribution is 0.618. The average Bonchev–Trinajstić information content (AvgIpc) is 1.88. The van der Waals surface area contributed by atoms with Crippen LogP contribution in [0.1, 0.15) is 5.56 Å². The first-order valence-corrected chi connectivity index (χ1v) is 2.71. The maximum Gasteiger partial charge on any atom is 0.141 e. The molecule has 52 valence electrons. The minimum absolute atomic E-state index is 0.0231. The summed E-state index contributed by atoms with van der Waals surface area (Å²) in [6.45, 7) is -0.0231. The maximum atomic E-state index is 12.3. The second kappa shape index (κ2) is 3.00. The number of rotatable bonds is 2. The highest BCUT2D eigenvalue weighted by atomic mass is 19.1. The van der Waals surface area contributed by atoms with E-state index in [1.54, 1.807) is 0 Å². The van der Waals surface area contributed by atoms with Gasteiger partial charge in [-0.05, 0) is 11.6 Å². The Morgan fingerprint density at radius 3 is 3.00 bits per heavy atom. The van der Waals surface area contributed by atoms with Crippen LogP contribution in [-0.2, 0) is 6.54 Å². The largest absolute Gasteiger partial charge is 0.261 e. The molecule has 0 spiro atoms. The van der Waals surface area contributed by atoms with Crippen molar-refractivity contribution in [3.05, 3.63) is 34.7 Å². The lowest BCUT2D eigenvalue weighted by Gasteiger charge is -1.90. The molecule has 4 heteroatoms. The van der Waals surface area contributed by atoms with Gasteiger partial charge >= 0.3 is 0 Å². The summed E-state index contributed by atoms with van der Waals surface area (Å²) in [6, 6.07) is 1.23. The molecule has 1 rings (SSSR count). The summed E-state index contributed by atoms with van der Waals surface area (Å²) < 4.78 is 12.3. The molecule has 0 atom stereocenters. The quantitative estimate of drug-likeness (QED) is 0.584. The molecule has 0 fully saturated rings. The van der Waals surface area contributed by atoms with Gasteiger partial charge in [0.2, 0.25) is 0 Å². The van der Waals surface area contributed by atoms with Crippen LogP contribution in [0.3, 0.4) is 0 Å². The SMILES string of the molecule is O=NCc1cncc(F)c1. The van der Waals surface area contributed by atoms with Crippen LogP contribution >= 0.6 is 0 Å². The van der Waals surface area contributed by atoms with Gasteiger partial charge < -0.3 is 0 Å². The van der Waals surface area contributed by atoms with Crippen molar-refractivity contribution in [2.45, 2.75) is 6.54 Å². The van der Waals surface area contributed by atoms with Crippen LogP contribution in [-0.4, -0.2) is 4.98 Å². The zero-order chi connectivity index (χ0) is 7.40. The highest BCUT2D eigenvalue weighted by Crippen LogP contribution is 2.01. The molecule has 0 aliphatic rings. The third-order valence-electron chi connectivity index (χ3n) is 1.01. The molecule has 1 aromatic rings. The molecule has 1 heterocycles. The number of hydrogen-bond acceptors (Lipinski definition) is 3. The van der Waals surface area contributed by atoms with Crippen LogP contribution in [0.2, 0.25) is 0 Å². The number of nitrogens with zero attached hydrogens (tertiary/aromatic N) is 2. The Labute approximate surface area is 56.9 Å². The highest BCUT2D eigenvalue weighted by molar-refractivity contribution is 5.09. The van der Waals surface area contributed by atoms with Crippen molar-refractivity contribution in [3.8, 4) is 0 Å². The highest BCUT2D eigenvalue weighted by Gasteiger charge is 1.93. The predicted octanol–water partition coefficient (Wildman–Crippen LogP) is 1.49. The smallest absolute Gasteiger partial charge is 0.141 e. The van der Waals surface area contributed by atoms with Crippen molar-refractivity contribution in [2.24, 2.45) is 5.18 Å². The summed E-state index contributed by atoms with van der Waals surface area (Å²) in [7, 11) is 0. The number of pyridine rings is 1. The number of hydrogen-bond donors (Lipinski definition) is 0. The summed E-state index contributed by atoms with van der Waals surface area (Å²) in [6.07, 6.45) is 2.48. The molecule has 3 nitrogen and oxygen atoms in total. The van der Waals surface area contributed by atoms with E-state index in [0.717, 1.165) is 6.20 Å². The second-order valence-corrected chi connectivity index (χ2v) is 1.80. The standard InChI is InChI=1S/C6H5FN2O/c7-6-1-5(3-9-10)2-8-4-6/h1-2,4H,3H2. The van der Waals surface area contributed by atoms with Gasteiger partial charge in [-0.2, -0.15) is 4.91 Å². The lowest BCUT2D eigenvalue weighted by atomic mass is 10.3. The first-order chi connectivity index (χ1) is 4.83. The van der Waals surface area contributed by atoms with E-state index in [2.05, 4.69) is 10.2 Å². The Bertz CT molecular complexity index is 239. The Hall–Kier alpha value is -1.32. The Kier molecular flexibility index (Phi) is 2.04. The molecule has 1 aromatic heterocycles. The summed E-state index contributed by atoms with van der Waals surface area (Å²) in [5.41, 5.74) is 0.495. The molecule has 0 radical (unpaired) electrons. The van der Waals surface area contributed by atoms with E-state index in [0.29, 0.717) is 5.56 Å². The van der Waals surface area contributed by atoms with Crippen LogP contribution in [0.25, 0.3) is 0 Å². The van der Waals surface area contributed by atoms with Gasteiger partial charge in [0, 0.05) is 6.20 Å². The molecule has 0 amide bonds. The summed E-state index contributed by atoms with van der Waals surface area (Å²) in [5, 5.41) is 2.59. The van der Waals surface area contributed by atoms with Crippen molar-refractivity contribution in [2.75, 3.05) is 0 Å². The molecular formula is C6H5FN2O. The summed E-state index contributed by atoms with van der Waals surface area (Å²) in [5.74, 6) is -0.443. The second-order valence-electron chi connectivity index (χ2n) is 1.80. The van der Waals surface area contributed by atoms with E-state index in [1.165, 1.54) is 12.3 Å². The fourth-order valence-electron chi connectivity index (χ4n) is 0.617. The molecule has 0 aliphatic heterocycles. The van der Waals surface area contributed by atoms with Crippen LogP contribution < -0.4 is 0 Å². The summed E-state index contributed by atoms with van der Waals surface area (Å²) in [4.78, 5) is 13.2. The van der Waals surface area contributed by atoms with Crippen molar-refractivity contribution < 1.29 is 4.39 Å². The molecular weight excluding hydrogens is 135 g/mol. The van der Waals surface area contributed by atoms with Gasteiger partial charge in [-0.3, -0.25) is 4.98 Å². The molecule has 0 bridgehead atoms. The molecule has 0 saturated carbocycles. The van der Waals surface area contributed by atoms with E-state index in [4.69, 9.17) is 0 Å². The zero-order valence-electron chi connectivity index (χ0n) is 5.12. The van der Waals surface area contributed by atoms with E-state index in [1.807, 2.05) is 0 Å². The predicted molar refractivity (Wildman–Crippen MR) is 33.7 cm³/mol. The van der Waals surface area contributed by atoms with Crippen LogP contribution in [0, 0.1) is 10.7 Å². The van der Waals surface area contributed by atoms with Gasteiger partial charge in [0.25, 0.3) is 0 Å². The van der Waals surface area contributed by atoms with Crippen molar-refractivity contribution in [1.29, 1.82) is 0 Å². The van der Waals surface area contributed by atoms with Gasteiger partial charge in [0.1, 0.15) is 12.4 Å². The monoisotopic (exact) mass is 140 g/mol. The van der Waals surface area contributed by atoms with Gasteiger partial charge in [-0.25, -0.2) is 4.39 Å². The first kappa shape index (κ1) is 6.80. The topological polar surface area (TPSA) is 42.3 Å². The van der Waals surface area contributed by atoms with E-state index in [9.17, 15) is 9.30 Å². The van der Waals surface area contributed by atoms with E-state index >= 15 is 0 Å².